The number of alkyl halides is 1. The number of nitrogens with one attached hydrogen (secondary N) is 8. The predicted octanol–water partition coefficient (Wildman–Crippen LogP) is 2.08. The third kappa shape index (κ3) is 23.6. The lowest BCUT2D eigenvalue weighted by Crippen LogP contribution is -2.78. The minimum absolute atomic E-state index is 0.00818. The van der Waals surface area contributed by atoms with E-state index in [-0.39, 0.29) is 136 Å². The number of piperidine rings is 1. The summed E-state index contributed by atoms with van der Waals surface area (Å²) in [4.78, 5) is 131. The molecule has 19 atom stereocenters. The van der Waals surface area contributed by atoms with Crippen LogP contribution < -0.4 is 54.2 Å². The lowest BCUT2D eigenvalue weighted by Gasteiger charge is -2.58. The third-order valence-electron chi connectivity index (χ3n) is 25.6. The van der Waals surface area contributed by atoms with Crippen LogP contribution in [0.3, 0.4) is 0 Å². The summed E-state index contributed by atoms with van der Waals surface area (Å²) in [7, 11) is 0. The Bertz CT molecular complexity index is 3040. The van der Waals surface area contributed by atoms with Gasteiger partial charge in [0, 0.05) is 150 Å². The number of carbonyl (C=O) groups excluding carboxylic acids is 9. The maximum atomic E-state index is 16.4. The molecule has 10 rings (SSSR count). The van der Waals surface area contributed by atoms with Crippen molar-refractivity contribution < 1.29 is 72.3 Å². The second kappa shape index (κ2) is 41.1. The molecule has 0 radical (unpaired) electrons. The van der Waals surface area contributed by atoms with Gasteiger partial charge in [-0.15, -0.1) is 11.8 Å². The van der Waals surface area contributed by atoms with Crippen LogP contribution in [0.5, 0.6) is 0 Å². The van der Waals surface area contributed by atoms with E-state index in [0.717, 1.165) is 121 Å². The Kier molecular flexibility index (Phi) is 32.4. The highest BCUT2D eigenvalue weighted by atomic mass is 32.2. The fraction of sp³-hybridized carbons (Fsp3) is 0.857. The standard InChI is InChI=1S/C77H131FN16O14S/c1-45(2)68(75(104)93-42-55(95)36-61(93)73(102)83-47(5)50-17-19-51(20-18-50)70-48(6)82-44-109-70)63(97)38-64(79)107-34-33-89-29-25-49(26-30-89)39-90-31-32-91-54(40-90)41-94(71-60(91)37-59(87-88-71)56-13-9-10-15-62(56)96)77(106)108-43-52-21-22-53(35-57(52)78)84-72(101)58(14-12-27-81-76(80)105)85-74(103)69(46(3)4)86-65(98)16-8-7-11-28-92-66(99)23-24-67(92)100/h23-24,45-64,68-71,82,87-88,95-97H,7-22,25-44,79H2,1-6H3,(H,83,102)(H,84,101)(H,85,103)(H,86,98)(H3,80,81,105)/t47-,48?,50?,51?,52?,53?,54+,55+,56?,57?,58-,59?,60?,61-,62?,63?,64?,68+,69-,70?,71?/m0/s1. The van der Waals surface area contributed by atoms with E-state index < -0.39 is 96.8 Å². The van der Waals surface area contributed by atoms with E-state index in [0.29, 0.717) is 80.8 Å². The maximum absolute atomic E-state index is 16.4. The molecular weight excluding hydrogens is 1420 g/mol. The van der Waals surface area contributed by atoms with Crippen LogP contribution in [0.2, 0.25) is 0 Å². The van der Waals surface area contributed by atoms with Gasteiger partial charge in [-0.25, -0.2) is 19.4 Å². The maximum Gasteiger partial charge on any atom is 0.411 e. The number of thioether (sulfide) groups is 1. The smallest absolute Gasteiger partial charge is 0.411 e. The number of nitrogens with zero attached hydrogens (tertiary/aromatic N) is 6. The number of ether oxygens (including phenoxy) is 2. The number of amides is 10. The largest absolute Gasteiger partial charge is 0.449 e. The van der Waals surface area contributed by atoms with Crippen molar-refractivity contribution in [3.05, 3.63) is 12.2 Å². The average molecular weight is 1560 g/mol. The quantitative estimate of drug-likeness (QED) is 0.0249. The van der Waals surface area contributed by atoms with Gasteiger partial charge in [-0.1, -0.05) is 47.0 Å². The number of hydrogen-bond acceptors (Lipinski definition) is 22. The number of unbranched alkanes of at least 4 members (excludes halogenated alkanes) is 2. The minimum Gasteiger partial charge on any atom is -0.449 e. The van der Waals surface area contributed by atoms with Crippen molar-refractivity contribution in [2.24, 2.45) is 58.8 Å². The number of rotatable bonds is 34. The molecule has 10 aliphatic rings. The molecule has 7 aliphatic heterocycles. The second-order valence-electron chi connectivity index (χ2n) is 34.0. The molecule has 12 unspecified atom stereocenters. The molecule has 109 heavy (non-hydrogen) atoms. The molecule has 0 spiro atoms. The van der Waals surface area contributed by atoms with Gasteiger partial charge in [0.15, 0.2) is 0 Å². The van der Waals surface area contributed by atoms with Gasteiger partial charge < -0.3 is 82.9 Å². The number of fused-ring (bicyclic) bond motifs is 3. The molecule has 0 aromatic heterocycles. The molecule has 0 aromatic carbocycles. The molecule has 3 aliphatic carbocycles. The average Bonchev–Trinajstić information content (AvgIpc) is 0.956. The number of nitrogens with two attached hydrogens (primary N) is 2. The van der Waals surface area contributed by atoms with E-state index in [1.54, 1.807) is 18.7 Å². The molecule has 7 heterocycles. The molecular formula is C77H131FN16O14S. The van der Waals surface area contributed by atoms with Crippen LogP contribution in [0.4, 0.5) is 14.0 Å². The summed E-state index contributed by atoms with van der Waals surface area (Å²) in [5, 5.41) is 52.2. The monoisotopic (exact) mass is 1550 g/mol. The van der Waals surface area contributed by atoms with Crippen LogP contribution in [0.25, 0.3) is 0 Å². The number of carbonyl (C=O) groups is 9. The molecule has 6 saturated heterocycles. The van der Waals surface area contributed by atoms with Crippen LogP contribution in [-0.4, -0.2) is 286 Å². The van der Waals surface area contributed by atoms with Crippen molar-refractivity contribution in [1.82, 2.24) is 72.2 Å². The zero-order valence-corrected chi connectivity index (χ0v) is 66.2. The van der Waals surface area contributed by atoms with E-state index in [9.17, 15) is 58.5 Å². The lowest BCUT2D eigenvalue weighted by molar-refractivity contribution is -0.147. The number of aliphatic hydroxyl groups is 3. The Morgan fingerprint density at radius 1 is 0.771 bits per heavy atom. The van der Waals surface area contributed by atoms with Gasteiger partial charge in [0.25, 0.3) is 11.8 Å². The highest BCUT2D eigenvalue weighted by Gasteiger charge is 2.52. The predicted molar refractivity (Wildman–Crippen MR) is 409 cm³/mol. The number of primary amides is 1. The Morgan fingerprint density at radius 3 is 2.20 bits per heavy atom. The fourth-order valence-corrected chi connectivity index (χ4v) is 20.6. The molecule has 3 saturated carbocycles. The van der Waals surface area contributed by atoms with Gasteiger partial charge in [-0.2, -0.15) is 0 Å². The van der Waals surface area contributed by atoms with Crippen LogP contribution in [-0.2, 0) is 43.0 Å². The first-order valence-corrected chi connectivity index (χ1v) is 42.4. The molecule has 10 amide bonds. The zero-order chi connectivity index (χ0) is 78.2. The lowest BCUT2D eigenvalue weighted by atomic mass is 9.76. The number of aliphatic hydroxyl groups excluding tert-OH is 3. The van der Waals surface area contributed by atoms with Crippen LogP contribution in [0, 0.1) is 47.3 Å². The molecule has 616 valence electrons. The number of imide groups is 1. The first kappa shape index (κ1) is 86.0. The van der Waals surface area contributed by atoms with Gasteiger partial charge in [-0.3, -0.25) is 53.7 Å². The molecule has 32 heteroatoms. The van der Waals surface area contributed by atoms with Gasteiger partial charge in [-0.05, 0) is 159 Å². The summed E-state index contributed by atoms with van der Waals surface area (Å²) in [5.74, 6) is -2.50. The topological polar surface area (TPSA) is 400 Å². The summed E-state index contributed by atoms with van der Waals surface area (Å²) in [6, 6.07) is -3.94. The number of hydrazine groups is 1. The third-order valence-corrected chi connectivity index (χ3v) is 27.1. The van der Waals surface area contributed by atoms with E-state index in [2.05, 4.69) is 71.3 Å². The Balaban J connectivity index is 0.660. The van der Waals surface area contributed by atoms with Gasteiger partial charge in [0.2, 0.25) is 29.5 Å². The van der Waals surface area contributed by atoms with Crippen molar-refractivity contribution in [2.75, 3.05) is 91.1 Å². The first-order chi connectivity index (χ1) is 52.2. The van der Waals surface area contributed by atoms with Crippen molar-refractivity contribution in [1.29, 1.82) is 0 Å². The summed E-state index contributed by atoms with van der Waals surface area (Å²) in [5.41, 5.74) is 18.8. The summed E-state index contributed by atoms with van der Waals surface area (Å²) in [6.45, 7) is 18.3. The van der Waals surface area contributed by atoms with E-state index in [1.807, 2.05) is 25.6 Å². The van der Waals surface area contributed by atoms with Gasteiger partial charge in [0.1, 0.15) is 36.7 Å². The van der Waals surface area contributed by atoms with Crippen LogP contribution in [0.15, 0.2) is 12.2 Å². The molecule has 0 bridgehead atoms. The molecule has 30 nitrogen and oxygen atoms in total. The highest BCUT2D eigenvalue weighted by Crippen LogP contribution is 2.41. The fourth-order valence-electron chi connectivity index (χ4n) is 19.2. The summed E-state index contributed by atoms with van der Waals surface area (Å²) >= 11 is 2.02. The normalized spacial score (nSPS) is 31.8. The zero-order valence-electron chi connectivity index (χ0n) is 65.4. The summed E-state index contributed by atoms with van der Waals surface area (Å²) in [6.07, 6.45) is 10.3. The Morgan fingerprint density at radius 2 is 1.51 bits per heavy atom. The van der Waals surface area contributed by atoms with E-state index in [4.69, 9.17) is 20.9 Å². The first-order valence-electron chi connectivity index (χ1n) is 41.3. The van der Waals surface area contributed by atoms with E-state index in [1.165, 1.54) is 17.1 Å². The van der Waals surface area contributed by atoms with Crippen molar-refractivity contribution >= 4 is 65.2 Å². The van der Waals surface area contributed by atoms with Crippen LogP contribution in [0.1, 0.15) is 183 Å². The van der Waals surface area contributed by atoms with Crippen LogP contribution >= 0.6 is 11.8 Å². The molecule has 0 aromatic rings. The minimum atomic E-state index is -1.44. The van der Waals surface area contributed by atoms with Crippen molar-refractivity contribution in [2.45, 2.75) is 279 Å². The Labute approximate surface area is 648 Å². The molecule has 9 fully saturated rings. The highest BCUT2D eigenvalue weighted by molar-refractivity contribution is 8.00. The number of piperazine rings is 2. The van der Waals surface area contributed by atoms with Crippen molar-refractivity contribution in [3.8, 4) is 0 Å². The number of halogens is 1. The molecule has 15 N–H and O–H groups in total. The van der Waals surface area contributed by atoms with Crippen molar-refractivity contribution in [3.63, 3.8) is 0 Å². The number of urea groups is 1. The SMILES string of the molecule is CC1NCSC1C1CCC([C@H](C)NC(=O)[C@@H]2C[C@@H](O)CN2C(=O)[C@H](C(C)C)C(O)CC(N)OCCN2CCC(CN3CCN4C5CC(C6CCCCC6O)NNC5N(C(=O)OCC5CCC(NC(=O)[C@H](CCCNC(N)=O)NC(=O)[C@@H](NC(=O)CCCCCN6C(=O)C=CC6=O)C(C)C)CC5F)C[C@H]4C3)CC2)CC1. The van der Waals surface area contributed by atoms with Gasteiger partial charge >= 0.3 is 12.1 Å². The number of likely N-dealkylation sites (tertiary alicyclic amines) is 2. The van der Waals surface area contributed by atoms with Gasteiger partial charge in [0.05, 0.1) is 37.4 Å². The number of hydrogen-bond donors (Lipinski definition) is 13. The Hall–Kier alpha value is -5.39. The second-order valence-corrected chi connectivity index (χ2v) is 35.2. The number of β-amino-alcohol motifs (C(OH)–C–C–N with tert-alkyl or cyclic N) is 1. The summed E-state index contributed by atoms with van der Waals surface area (Å²) < 4.78 is 28.6. The van der Waals surface area contributed by atoms with E-state index >= 15 is 4.39 Å².